The molecular weight excluding hydrogens is 209 g/mol. The van der Waals surface area contributed by atoms with Crippen molar-refractivity contribution in [1.29, 1.82) is 0 Å². The molecule has 1 atom stereocenters. The van der Waals surface area contributed by atoms with Gasteiger partial charge in [-0.1, -0.05) is 0 Å². The third-order valence-corrected chi connectivity index (χ3v) is 2.48. The second kappa shape index (κ2) is 4.83. The summed E-state index contributed by atoms with van der Waals surface area (Å²) >= 11 is 0. The molecule has 1 N–H and O–H groups in total. The molecule has 15 heavy (non-hydrogen) atoms. The van der Waals surface area contributed by atoms with Crippen LogP contribution in [0.5, 0.6) is 0 Å². The van der Waals surface area contributed by atoms with Crippen molar-refractivity contribution < 1.29 is 18.0 Å². The van der Waals surface area contributed by atoms with Crippen LogP contribution in [0.25, 0.3) is 0 Å². The highest BCUT2D eigenvalue weighted by Gasteiger charge is 2.35. The lowest BCUT2D eigenvalue weighted by Crippen LogP contribution is -2.33. The van der Waals surface area contributed by atoms with E-state index in [-0.39, 0.29) is 5.92 Å². The Hall–Kier alpha value is -0.780. The van der Waals surface area contributed by atoms with Crippen LogP contribution in [0.15, 0.2) is 0 Å². The Bertz CT molecular complexity index is 230. The maximum Gasteiger partial charge on any atom is 0.397 e. The summed E-state index contributed by atoms with van der Waals surface area (Å²) < 4.78 is 35.8. The van der Waals surface area contributed by atoms with Crippen LogP contribution in [-0.4, -0.2) is 43.7 Å². The van der Waals surface area contributed by atoms with E-state index in [1.54, 1.807) is 7.05 Å². The summed E-state index contributed by atoms with van der Waals surface area (Å²) in [5.41, 5.74) is 0. The molecule has 88 valence electrons. The van der Waals surface area contributed by atoms with Gasteiger partial charge in [0.25, 0.3) is 0 Å². The van der Waals surface area contributed by atoms with Gasteiger partial charge in [-0.3, -0.25) is 4.79 Å². The number of alkyl halides is 3. The molecule has 0 bridgehead atoms. The van der Waals surface area contributed by atoms with Crippen molar-refractivity contribution in [3.05, 3.63) is 0 Å². The van der Waals surface area contributed by atoms with Gasteiger partial charge in [-0.05, 0) is 25.9 Å². The van der Waals surface area contributed by atoms with Crippen LogP contribution in [0.3, 0.4) is 0 Å². The first-order chi connectivity index (χ1) is 6.92. The molecule has 3 nitrogen and oxygen atoms in total. The number of carbonyl (C=O) groups is 1. The SMILES string of the molecule is CNCC1CCN(C(=O)CC(F)(F)F)C1. The molecule has 1 rings (SSSR count). The fourth-order valence-electron chi connectivity index (χ4n) is 1.80. The minimum Gasteiger partial charge on any atom is -0.342 e. The quantitative estimate of drug-likeness (QED) is 0.775. The maximum atomic E-state index is 11.9. The molecule has 0 radical (unpaired) electrons. The summed E-state index contributed by atoms with van der Waals surface area (Å²) in [6, 6.07) is 0. The van der Waals surface area contributed by atoms with E-state index in [1.807, 2.05) is 0 Å². The first kappa shape index (κ1) is 12.3. The van der Waals surface area contributed by atoms with Crippen molar-refractivity contribution >= 4 is 5.91 Å². The Labute approximate surface area is 86.6 Å². The Kier molecular flexibility index (Phi) is 3.96. The Morgan fingerprint density at radius 1 is 1.53 bits per heavy atom. The zero-order valence-corrected chi connectivity index (χ0v) is 8.60. The second-order valence-corrected chi connectivity index (χ2v) is 3.84. The first-order valence-corrected chi connectivity index (χ1v) is 4.91. The highest BCUT2D eigenvalue weighted by Crippen LogP contribution is 2.23. The van der Waals surface area contributed by atoms with Gasteiger partial charge in [0, 0.05) is 13.1 Å². The van der Waals surface area contributed by atoms with Crippen LogP contribution in [0.4, 0.5) is 13.2 Å². The maximum absolute atomic E-state index is 11.9. The second-order valence-electron chi connectivity index (χ2n) is 3.84. The molecular formula is C9H15F3N2O. The number of carbonyl (C=O) groups excluding carboxylic acids is 1. The molecule has 0 saturated carbocycles. The van der Waals surface area contributed by atoms with Gasteiger partial charge in [-0.15, -0.1) is 0 Å². The molecule has 0 aromatic carbocycles. The average molecular weight is 224 g/mol. The highest BCUT2D eigenvalue weighted by molar-refractivity contribution is 5.77. The molecule has 1 fully saturated rings. The van der Waals surface area contributed by atoms with E-state index < -0.39 is 18.5 Å². The Balaban J connectivity index is 2.37. The molecule has 0 aromatic heterocycles. The third kappa shape index (κ3) is 4.07. The molecule has 0 aliphatic carbocycles. The Morgan fingerprint density at radius 3 is 2.73 bits per heavy atom. The van der Waals surface area contributed by atoms with Gasteiger partial charge >= 0.3 is 6.18 Å². The fourth-order valence-corrected chi connectivity index (χ4v) is 1.80. The molecule has 1 aliphatic rings. The molecule has 6 heteroatoms. The minimum absolute atomic E-state index is 0.284. The highest BCUT2D eigenvalue weighted by atomic mass is 19.4. The fraction of sp³-hybridized carbons (Fsp3) is 0.889. The molecule has 1 unspecified atom stereocenters. The van der Waals surface area contributed by atoms with Crippen molar-refractivity contribution in [3.63, 3.8) is 0 Å². The van der Waals surface area contributed by atoms with Crippen LogP contribution in [0, 0.1) is 5.92 Å². The Morgan fingerprint density at radius 2 is 2.20 bits per heavy atom. The van der Waals surface area contributed by atoms with Crippen LogP contribution < -0.4 is 5.32 Å². The summed E-state index contributed by atoms with van der Waals surface area (Å²) in [7, 11) is 1.79. The molecule has 1 saturated heterocycles. The number of hydrogen-bond acceptors (Lipinski definition) is 2. The van der Waals surface area contributed by atoms with E-state index in [9.17, 15) is 18.0 Å². The molecule has 1 aliphatic heterocycles. The van der Waals surface area contributed by atoms with Gasteiger partial charge < -0.3 is 10.2 Å². The van der Waals surface area contributed by atoms with E-state index >= 15 is 0 Å². The number of hydrogen-bond donors (Lipinski definition) is 1. The summed E-state index contributed by atoms with van der Waals surface area (Å²) in [6.07, 6.45) is -4.94. The van der Waals surface area contributed by atoms with Crippen LogP contribution in [0.1, 0.15) is 12.8 Å². The standard InChI is InChI=1S/C9H15F3N2O/c1-13-5-7-2-3-14(6-7)8(15)4-9(10,11)12/h7,13H,2-6H2,1H3. The van der Waals surface area contributed by atoms with Crippen molar-refractivity contribution in [1.82, 2.24) is 10.2 Å². The minimum atomic E-state index is -4.39. The lowest BCUT2D eigenvalue weighted by atomic mass is 10.1. The predicted octanol–water partition coefficient (Wildman–Crippen LogP) is 1.01. The number of amides is 1. The summed E-state index contributed by atoms with van der Waals surface area (Å²) in [5.74, 6) is -0.520. The van der Waals surface area contributed by atoms with E-state index in [4.69, 9.17) is 0 Å². The molecule has 1 amide bonds. The monoisotopic (exact) mass is 224 g/mol. The largest absolute Gasteiger partial charge is 0.397 e. The van der Waals surface area contributed by atoms with Crippen LogP contribution in [0.2, 0.25) is 0 Å². The number of nitrogens with one attached hydrogen (secondary N) is 1. The third-order valence-electron chi connectivity index (χ3n) is 2.48. The van der Waals surface area contributed by atoms with Gasteiger partial charge in [0.2, 0.25) is 5.91 Å². The number of likely N-dealkylation sites (tertiary alicyclic amines) is 1. The zero-order chi connectivity index (χ0) is 11.5. The van der Waals surface area contributed by atoms with Gasteiger partial charge in [0.1, 0.15) is 6.42 Å². The topological polar surface area (TPSA) is 32.3 Å². The molecule has 1 heterocycles. The van der Waals surface area contributed by atoms with E-state index in [0.717, 1.165) is 13.0 Å². The van der Waals surface area contributed by atoms with Gasteiger partial charge in [0.05, 0.1) is 0 Å². The van der Waals surface area contributed by atoms with Gasteiger partial charge in [0.15, 0.2) is 0 Å². The van der Waals surface area contributed by atoms with E-state index in [2.05, 4.69) is 5.32 Å². The lowest BCUT2D eigenvalue weighted by molar-refractivity contribution is -0.160. The van der Waals surface area contributed by atoms with Crippen LogP contribution >= 0.6 is 0 Å². The normalized spacial score (nSPS) is 22.1. The predicted molar refractivity (Wildman–Crippen MR) is 49.3 cm³/mol. The van der Waals surface area contributed by atoms with Crippen molar-refractivity contribution in [2.45, 2.75) is 19.0 Å². The van der Waals surface area contributed by atoms with Gasteiger partial charge in [-0.25, -0.2) is 0 Å². The first-order valence-electron chi connectivity index (χ1n) is 4.91. The lowest BCUT2D eigenvalue weighted by Gasteiger charge is -2.17. The van der Waals surface area contributed by atoms with Crippen molar-refractivity contribution in [2.75, 3.05) is 26.7 Å². The van der Waals surface area contributed by atoms with Crippen LogP contribution in [-0.2, 0) is 4.79 Å². The number of rotatable bonds is 3. The molecule has 0 spiro atoms. The van der Waals surface area contributed by atoms with Crippen molar-refractivity contribution in [3.8, 4) is 0 Å². The molecule has 0 aromatic rings. The average Bonchev–Trinajstić information content (AvgIpc) is 2.50. The van der Waals surface area contributed by atoms with E-state index in [1.165, 1.54) is 4.90 Å². The summed E-state index contributed by atoms with van der Waals surface area (Å²) in [6.45, 7) is 1.63. The number of halogens is 3. The van der Waals surface area contributed by atoms with E-state index in [0.29, 0.717) is 13.1 Å². The smallest absolute Gasteiger partial charge is 0.342 e. The summed E-state index contributed by atoms with van der Waals surface area (Å²) in [5, 5.41) is 2.96. The van der Waals surface area contributed by atoms with Crippen molar-refractivity contribution in [2.24, 2.45) is 5.92 Å². The summed E-state index contributed by atoms with van der Waals surface area (Å²) in [4.78, 5) is 12.5. The van der Waals surface area contributed by atoms with Gasteiger partial charge in [-0.2, -0.15) is 13.2 Å². The zero-order valence-electron chi connectivity index (χ0n) is 8.60. The number of nitrogens with zero attached hydrogens (tertiary/aromatic N) is 1.